The highest BCUT2D eigenvalue weighted by Gasteiger charge is 2.09. The molecule has 0 bridgehead atoms. The highest BCUT2D eigenvalue weighted by atomic mass is 35.5. The van der Waals surface area contributed by atoms with E-state index in [0.29, 0.717) is 5.15 Å². The van der Waals surface area contributed by atoms with Crippen molar-refractivity contribution in [2.45, 2.75) is 29.1 Å². The van der Waals surface area contributed by atoms with E-state index >= 15 is 0 Å². The maximum Gasteiger partial charge on any atom is 0.175 e. The summed E-state index contributed by atoms with van der Waals surface area (Å²) in [5.41, 5.74) is 0. The number of nitrogens with zero attached hydrogens (tertiary/aromatic N) is 4. The van der Waals surface area contributed by atoms with Crippen molar-refractivity contribution in [2.24, 2.45) is 0 Å². The molecule has 0 aliphatic rings. The van der Waals surface area contributed by atoms with Gasteiger partial charge in [0.05, 0.1) is 0 Å². The Morgan fingerprint density at radius 3 is 2.81 bits per heavy atom. The van der Waals surface area contributed by atoms with Crippen molar-refractivity contribution in [1.82, 2.24) is 19.3 Å². The molecule has 4 nitrogen and oxygen atoms in total. The molecule has 2 aromatic rings. The van der Waals surface area contributed by atoms with Crippen LogP contribution in [-0.2, 0) is 0 Å². The smallest absolute Gasteiger partial charge is 0.175 e. The Morgan fingerprint density at radius 2 is 2.19 bits per heavy atom. The third-order valence-electron chi connectivity index (χ3n) is 1.74. The summed E-state index contributed by atoms with van der Waals surface area (Å²) in [6, 6.07) is 1.74. The van der Waals surface area contributed by atoms with Gasteiger partial charge in [-0.25, -0.2) is 15.0 Å². The Balaban J connectivity index is 2.27. The van der Waals surface area contributed by atoms with Crippen molar-refractivity contribution in [1.29, 1.82) is 0 Å². The first-order valence-corrected chi connectivity index (χ1v) is 6.61. The van der Waals surface area contributed by atoms with Crippen molar-refractivity contribution in [3.63, 3.8) is 0 Å². The van der Waals surface area contributed by atoms with E-state index in [1.807, 2.05) is 13.8 Å². The second-order valence-electron chi connectivity index (χ2n) is 3.35. The van der Waals surface area contributed by atoms with Crippen LogP contribution >= 0.6 is 34.9 Å². The van der Waals surface area contributed by atoms with Gasteiger partial charge in [0.1, 0.15) is 22.3 Å². The molecule has 0 aliphatic heterocycles. The number of halogens is 1. The van der Waals surface area contributed by atoms with Crippen LogP contribution in [0.5, 0.6) is 0 Å². The lowest BCUT2D eigenvalue weighted by molar-refractivity contribution is 0.753. The standard InChI is InChI=1S/C9H9ClN4S2/c1-5(2)8-13-6(10)3-7(14-8)15-9-11-4-12-16-9/h3-5H,1-2H3. The van der Waals surface area contributed by atoms with Crippen LogP contribution in [0.2, 0.25) is 5.15 Å². The van der Waals surface area contributed by atoms with Gasteiger partial charge in [-0.3, -0.25) is 0 Å². The van der Waals surface area contributed by atoms with Crippen molar-refractivity contribution in [3.8, 4) is 0 Å². The normalized spacial score (nSPS) is 11.0. The van der Waals surface area contributed by atoms with E-state index < -0.39 is 0 Å². The summed E-state index contributed by atoms with van der Waals surface area (Å²) in [6.45, 7) is 4.07. The fraction of sp³-hybridized carbons (Fsp3) is 0.333. The van der Waals surface area contributed by atoms with Gasteiger partial charge in [-0.2, -0.15) is 4.37 Å². The minimum atomic E-state index is 0.257. The Bertz CT molecular complexity index is 472. The molecule has 0 spiro atoms. The zero-order chi connectivity index (χ0) is 11.5. The maximum atomic E-state index is 5.94. The van der Waals surface area contributed by atoms with Gasteiger partial charge in [0.15, 0.2) is 4.34 Å². The summed E-state index contributed by atoms with van der Waals surface area (Å²) in [7, 11) is 0. The fourth-order valence-electron chi connectivity index (χ4n) is 1.02. The van der Waals surface area contributed by atoms with E-state index in [-0.39, 0.29) is 5.92 Å². The summed E-state index contributed by atoms with van der Waals surface area (Å²) in [5, 5.41) is 1.27. The monoisotopic (exact) mass is 272 g/mol. The van der Waals surface area contributed by atoms with Crippen LogP contribution in [0.3, 0.4) is 0 Å². The van der Waals surface area contributed by atoms with Crippen molar-refractivity contribution >= 4 is 34.9 Å². The summed E-state index contributed by atoms with van der Waals surface area (Å²) in [4.78, 5) is 12.7. The van der Waals surface area contributed by atoms with Crippen molar-refractivity contribution in [2.75, 3.05) is 0 Å². The van der Waals surface area contributed by atoms with Gasteiger partial charge >= 0.3 is 0 Å². The first kappa shape index (κ1) is 11.8. The van der Waals surface area contributed by atoms with Gasteiger partial charge in [0.25, 0.3) is 0 Å². The summed E-state index contributed by atoms with van der Waals surface area (Å²) >= 11 is 8.72. The van der Waals surface area contributed by atoms with Gasteiger partial charge in [0, 0.05) is 12.0 Å². The van der Waals surface area contributed by atoms with Crippen molar-refractivity contribution in [3.05, 3.63) is 23.4 Å². The molecule has 0 N–H and O–H groups in total. The first-order chi connectivity index (χ1) is 7.65. The van der Waals surface area contributed by atoms with Gasteiger partial charge in [0.2, 0.25) is 0 Å². The third kappa shape index (κ3) is 2.90. The lowest BCUT2D eigenvalue weighted by atomic mass is 10.2. The van der Waals surface area contributed by atoms with E-state index in [1.54, 1.807) is 6.07 Å². The number of hydrogen-bond acceptors (Lipinski definition) is 6. The maximum absolute atomic E-state index is 5.94. The first-order valence-electron chi connectivity index (χ1n) is 4.64. The van der Waals surface area contributed by atoms with Crippen LogP contribution < -0.4 is 0 Å². The average Bonchev–Trinajstić information content (AvgIpc) is 2.69. The predicted octanol–water partition coefficient (Wildman–Crippen LogP) is 3.26. The lowest BCUT2D eigenvalue weighted by Gasteiger charge is -2.05. The fourth-order valence-corrected chi connectivity index (χ4v) is 2.68. The molecule has 7 heteroatoms. The van der Waals surface area contributed by atoms with E-state index in [9.17, 15) is 0 Å². The molecular weight excluding hydrogens is 264 g/mol. The molecule has 16 heavy (non-hydrogen) atoms. The molecule has 0 radical (unpaired) electrons. The average molecular weight is 273 g/mol. The molecule has 0 saturated heterocycles. The van der Waals surface area contributed by atoms with Gasteiger partial charge in [-0.05, 0) is 23.3 Å². The van der Waals surface area contributed by atoms with Crippen LogP contribution in [0.25, 0.3) is 0 Å². The summed E-state index contributed by atoms with van der Waals surface area (Å²) in [5.74, 6) is 1.01. The molecule has 0 unspecified atom stereocenters. The van der Waals surface area contributed by atoms with E-state index in [2.05, 4.69) is 19.3 Å². The molecule has 0 aromatic carbocycles. The zero-order valence-corrected chi connectivity index (χ0v) is 11.1. The minimum Gasteiger partial charge on any atom is -0.226 e. The van der Waals surface area contributed by atoms with Crippen LogP contribution in [0.4, 0.5) is 0 Å². The Labute approximate surface area is 107 Å². The number of rotatable bonds is 3. The number of aromatic nitrogens is 4. The topological polar surface area (TPSA) is 51.6 Å². The highest BCUT2D eigenvalue weighted by Crippen LogP contribution is 2.28. The van der Waals surface area contributed by atoms with E-state index in [1.165, 1.54) is 29.6 Å². The van der Waals surface area contributed by atoms with Gasteiger partial charge < -0.3 is 0 Å². The van der Waals surface area contributed by atoms with Crippen LogP contribution in [0.15, 0.2) is 21.8 Å². The molecule has 2 heterocycles. The molecule has 2 aromatic heterocycles. The van der Waals surface area contributed by atoms with Crippen LogP contribution in [0.1, 0.15) is 25.6 Å². The van der Waals surface area contributed by atoms with E-state index in [0.717, 1.165) is 15.2 Å². The van der Waals surface area contributed by atoms with Crippen LogP contribution in [0, 0.1) is 0 Å². The second-order valence-corrected chi connectivity index (χ2v) is 5.79. The molecule has 0 amide bonds. The van der Waals surface area contributed by atoms with E-state index in [4.69, 9.17) is 11.6 Å². The summed E-state index contributed by atoms with van der Waals surface area (Å²) < 4.78 is 4.78. The zero-order valence-electron chi connectivity index (χ0n) is 8.72. The highest BCUT2D eigenvalue weighted by molar-refractivity contribution is 8.00. The minimum absolute atomic E-state index is 0.257. The molecule has 0 atom stereocenters. The SMILES string of the molecule is CC(C)c1nc(Cl)cc(Sc2ncns2)n1. The predicted molar refractivity (Wildman–Crippen MR) is 65.2 cm³/mol. The Kier molecular flexibility index (Phi) is 3.73. The molecular formula is C9H9ClN4S2. The summed E-state index contributed by atoms with van der Waals surface area (Å²) in [6.07, 6.45) is 1.53. The van der Waals surface area contributed by atoms with Gasteiger partial charge in [-0.15, -0.1) is 0 Å². The molecule has 0 fully saturated rings. The molecule has 0 aliphatic carbocycles. The third-order valence-corrected chi connectivity index (χ3v) is 3.56. The second kappa shape index (κ2) is 5.07. The molecule has 0 saturated carbocycles. The van der Waals surface area contributed by atoms with Gasteiger partial charge in [-0.1, -0.05) is 25.4 Å². The van der Waals surface area contributed by atoms with Crippen molar-refractivity contribution < 1.29 is 0 Å². The lowest BCUT2D eigenvalue weighted by Crippen LogP contribution is -1.98. The molecule has 2 rings (SSSR count). The van der Waals surface area contributed by atoms with Crippen LogP contribution in [-0.4, -0.2) is 19.3 Å². The Hall–Kier alpha value is -0.720. The Morgan fingerprint density at radius 1 is 1.38 bits per heavy atom. The number of hydrogen-bond donors (Lipinski definition) is 0. The molecule has 84 valence electrons. The largest absolute Gasteiger partial charge is 0.226 e. The quantitative estimate of drug-likeness (QED) is 0.803.